The van der Waals surface area contributed by atoms with Crippen LogP contribution in [0, 0.1) is 11.2 Å². The van der Waals surface area contributed by atoms with Crippen molar-refractivity contribution in [2.75, 3.05) is 20.7 Å². The number of methoxy groups -OCH3 is 1. The number of ether oxygens (including phenoxy) is 1. The number of nitrogens with two attached hydrogens (primary N) is 1. The van der Waals surface area contributed by atoms with Gasteiger partial charge in [-0.3, -0.25) is 0 Å². The minimum Gasteiger partial charge on any atom is -0.496 e. The number of hydrogen-bond acceptors (Lipinski definition) is 3. The van der Waals surface area contributed by atoms with Crippen molar-refractivity contribution in [3.8, 4) is 5.75 Å². The topological polar surface area (TPSA) is 38.5 Å². The molecule has 0 aliphatic rings. The molecule has 1 aromatic carbocycles. The molecule has 0 amide bonds. The van der Waals surface area contributed by atoms with Gasteiger partial charge in [0.15, 0.2) is 0 Å². The highest BCUT2D eigenvalue weighted by Gasteiger charge is 2.24. The zero-order valence-corrected chi connectivity index (χ0v) is 14.1. The average Bonchev–Trinajstić information content (AvgIpc) is 2.42. The number of rotatable bonds is 6. The van der Waals surface area contributed by atoms with Crippen molar-refractivity contribution in [3.63, 3.8) is 0 Å². The Hall–Kier alpha value is -1.13. The second-order valence-electron chi connectivity index (χ2n) is 6.77. The van der Waals surface area contributed by atoms with Crippen LogP contribution in [0.1, 0.15) is 45.7 Å². The molecule has 21 heavy (non-hydrogen) atoms. The third-order valence-electron chi connectivity index (χ3n) is 4.31. The van der Waals surface area contributed by atoms with Gasteiger partial charge in [0.1, 0.15) is 11.6 Å². The third kappa shape index (κ3) is 4.68. The van der Waals surface area contributed by atoms with Crippen LogP contribution in [-0.2, 0) is 0 Å². The Morgan fingerprint density at radius 1 is 1.33 bits per heavy atom. The number of halogens is 1. The summed E-state index contributed by atoms with van der Waals surface area (Å²) < 4.78 is 19.2. The summed E-state index contributed by atoms with van der Waals surface area (Å²) in [5.41, 5.74) is 6.86. The van der Waals surface area contributed by atoms with E-state index in [9.17, 15) is 4.39 Å². The molecule has 3 nitrogen and oxygen atoms in total. The fourth-order valence-corrected chi connectivity index (χ4v) is 2.40. The average molecular weight is 296 g/mol. The first kappa shape index (κ1) is 17.9. The molecule has 0 saturated carbocycles. The fourth-order valence-electron chi connectivity index (χ4n) is 2.40. The van der Waals surface area contributed by atoms with Crippen molar-refractivity contribution in [2.45, 2.75) is 46.2 Å². The highest BCUT2D eigenvalue weighted by Crippen LogP contribution is 2.29. The van der Waals surface area contributed by atoms with E-state index in [4.69, 9.17) is 10.5 Å². The van der Waals surface area contributed by atoms with Crippen molar-refractivity contribution in [1.82, 2.24) is 4.90 Å². The van der Waals surface area contributed by atoms with Crippen LogP contribution >= 0.6 is 0 Å². The first-order valence-electron chi connectivity index (χ1n) is 7.46. The third-order valence-corrected chi connectivity index (χ3v) is 4.31. The van der Waals surface area contributed by atoms with E-state index in [0.717, 1.165) is 6.54 Å². The Bertz CT molecular complexity index is 457. The van der Waals surface area contributed by atoms with Gasteiger partial charge in [0.05, 0.1) is 7.11 Å². The lowest BCUT2D eigenvalue weighted by molar-refractivity contribution is 0.137. The van der Waals surface area contributed by atoms with E-state index >= 15 is 0 Å². The van der Waals surface area contributed by atoms with Crippen molar-refractivity contribution in [2.24, 2.45) is 11.1 Å². The van der Waals surface area contributed by atoms with E-state index in [1.54, 1.807) is 19.2 Å². The maximum absolute atomic E-state index is 14.0. The molecular weight excluding hydrogens is 267 g/mol. The molecule has 0 aromatic heterocycles. The molecular formula is C17H29FN2O. The van der Waals surface area contributed by atoms with Crippen LogP contribution in [0.3, 0.4) is 0 Å². The smallest absolute Gasteiger partial charge is 0.131 e. The molecule has 2 atom stereocenters. The standard InChI is InChI=1S/C17H29FN2O/c1-12(17(2,3)4)20(5)11-10-14(19)16-13(18)8-7-9-15(16)21-6/h7-9,12,14H,10-11,19H2,1-6H3. The summed E-state index contributed by atoms with van der Waals surface area (Å²) in [6.45, 7) is 9.67. The zero-order valence-electron chi connectivity index (χ0n) is 14.1. The van der Waals surface area contributed by atoms with Gasteiger partial charge in [0.2, 0.25) is 0 Å². The molecule has 0 heterocycles. The normalized spacial score (nSPS) is 15.1. The van der Waals surface area contributed by atoms with Crippen molar-refractivity contribution in [3.05, 3.63) is 29.6 Å². The summed E-state index contributed by atoms with van der Waals surface area (Å²) in [5, 5.41) is 0. The van der Waals surface area contributed by atoms with Gasteiger partial charge in [-0.05, 0) is 44.5 Å². The zero-order chi connectivity index (χ0) is 16.2. The Morgan fingerprint density at radius 2 is 1.95 bits per heavy atom. The number of hydrogen-bond donors (Lipinski definition) is 1. The predicted octanol–water partition coefficient (Wildman–Crippen LogP) is 3.59. The van der Waals surface area contributed by atoms with Gasteiger partial charge in [-0.1, -0.05) is 26.8 Å². The summed E-state index contributed by atoms with van der Waals surface area (Å²) in [6, 6.07) is 4.87. The van der Waals surface area contributed by atoms with Gasteiger partial charge in [-0.15, -0.1) is 0 Å². The van der Waals surface area contributed by atoms with Crippen LogP contribution in [0.25, 0.3) is 0 Å². The van der Waals surface area contributed by atoms with Gasteiger partial charge in [0.25, 0.3) is 0 Å². The molecule has 0 aliphatic carbocycles. The molecule has 2 N–H and O–H groups in total. The molecule has 120 valence electrons. The Labute approximate surface area is 128 Å². The molecule has 0 bridgehead atoms. The molecule has 0 radical (unpaired) electrons. The lowest BCUT2D eigenvalue weighted by atomic mass is 9.87. The molecule has 0 fully saturated rings. The first-order chi connectivity index (χ1) is 9.68. The summed E-state index contributed by atoms with van der Waals surface area (Å²) in [4.78, 5) is 2.27. The van der Waals surface area contributed by atoms with Crippen LogP contribution in [-0.4, -0.2) is 31.6 Å². The number of nitrogens with zero attached hydrogens (tertiary/aromatic N) is 1. The lowest BCUT2D eigenvalue weighted by Crippen LogP contribution is -2.40. The Balaban J connectivity index is 2.73. The van der Waals surface area contributed by atoms with Gasteiger partial charge >= 0.3 is 0 Å². The molecule has 1 aromatic rings. The maximum atomic E-state index is 14.0. The Morgan fingerprint density at radius 3 is 2.48 bits per heavy atom. The van der Waals surface area contributed by atoms with Crippen LogP contribution in [0.2, 0.25) is 0 Å². The molecule has 0 spiro atoms. The molecule has 1 rings (SSSR count). The summed E-state index contributed by atoms with van der Waals surface area (Å²) in [5.74, 6) is 0.224. The molecule has 0 aliphatic heterocycles. The SMILES string of the molecule is COc1cccc(F)c1C(N)CCN(C)C(C)C(C)(C)C. The van der Waals surface area contributed by atoms with Crippen LogP contribution in [0.4, 0.5) is 4.39 Å². The largest absolute Gasteiger partial charge is 0.496 e. The van der Waals surface area contributed by atoms with Crippen LogP contribution < -0.4 is 10.5 Å². The van der Waals surface area contributed by atoms with Gasteiger partial charge in [0, 0.05) is 17.6 Å². The highest BCUT2D eigenvalue weighted by atomic mass is 19.1. The highest BCUT2D eigenvalue weighted by molar-refractivity contribution is 5.37. The summed E-state index contributed by atoms with van der Waals surface area (Å²) in [7, 11) is 3.63. The van der Waals surface area contributed by atoms with E-state index in [0.29, 0.717) is 23.8 Å². The van der Waals surface area contributed by atoms with Crippen molar-refractivity contribution in [1.29, 1.82) is 0 Å². The predicted molar refractivity (Wildman–Crippen MR) is 86.0 cm³/mol. The number of benzene rings is 1. The monoisotopic (exact) mass is 296 g/mol. The van der Waals surface area contributed by atoms with Gasteiger partial charge in [-0.2, -0.15) is 0 Å². The molecule has 0 saturated heterocycles. The van der Waals surface area contributed by atoms with Gasteiger partial charge < -0.3 is 15.4 Å². The summed E-state index contributed by atoms with van der Waals surface area (Å²) >= 11 is 0. The Kier molecular flexibility index (Phi) is 6.17. The second kappa shape index (κ2) is 7.23. The van der Waals surface area contributed by atoms with Crippen LogP contribution in [0.15, 0.2) is 18.2 Å². The first-order valence-corrected chi connectivity index (χ1v) is 7.46. The molecule has 2 unspecified atom stereocenters. The van der Waals surface area contributed by atoms with Crippen molar-refractivity contribution < 1.29 is 9.13 Å². The van der Waals surface area contributed by atoms with E-state index in [2.05, 4.69) is 39.6 Å². The van der Waals surface area contributed by atoms with Crippen LogP contribution in [0.5, 0.6) is 5.75 Å². The summed E-state index contributed by atoms with van der Waals surface area (Å²) in [6.07, 6.45) is 0.689. The fraction of sp³-hybridized carbons (Fsp3) is 0.647. The second-order valence-corrected chi connectivity index (χ2v) is 6.77. The van der Waals surface area contributed by atoms with E-state index < -0.39 is 0 Å². The minimum absolute atomic E-state index is 0.203. The van der Waals surface area contributed by atoms with E-state index in [1.165, 1.54) is 6.07 Å². The minimum atomic E-state index is -0.365. The van der Waals surface area contributed by atoms with Gasteiger partial charge in [-0.25, -0.2) is 4.39 Å². The maximum Gasteiger partial charge on any atom is 0.131 e. The van der Waals surface area contributed by atoms with E-state index in [1.807, 2.05) is 0 Å². The van der Waals surface area contributed by atoms with Crippen molar-refractivity contribution >= 4 is 0 Å². The quantitative estimate of drug-likeness (QED) is 0.872. The molecule has 4 heteroatoms. The lowest BCUT2D eigenvalue weighted by Gasteiger charge is -2.36. The van der Waals surface area contributed by atoms with E-state index in [-0.39, 0.29) is 17.3 Å².